The third-order valence-corrected chi connectivity index (χ3v) is 1.24. The van der Waals surface area contributed by atoms with E-state index in [-0.39, 0.29) is 0 Å². The van der Waals surface area contributed by atoms with E-state index in [4.69, 9.17) is 0 Å². The van der Waals surface area contributed by atoms with Crippen LogP contribution in [0.1, 0.15) is 27.2 Å². The fourth-order valence-corrected chi connectivity index (χ4v) is 0.738. The summed E-state index contributed by atoms with van der Waals surface area (Å²) < 4.78 is 0. The van der Waals surface area contributed by atoms with Crippen molar-refractivity contribution in [1.29, 1.82) is 0 Å². The lowest BCUT2D eigenvalue weighted by atomic mass is 10.2. The second-order valence-electron chi connectivity index (χ2n) is 1.90. The molecule has 0 saturated carbocycles. The molecule has 0 saturated heterocycles. The van der Waals surface area contributed by atoms with E-state index < -0.39 is 0 Å². The molecule has 1 aliphatic heterocycles. The first kappa shape index (κ1) is 10.8. The van der Waals surface area contributed by atoms with E-state index in [1.807, 2.05) is 26.8 Å². The van der Waals surface area contributed by atoms with Gasteiger partial charge in [0.1, 0.15) is 5.71 Å². The Morgan fingerprint density at radius 2 is 2.25 bits per heavy atom. The molecule has 0 amide bonds. The zero-order chi connectivity index (χ0) is 9.40. The maximum atomic E-state index is 4.64. The lowest BCUT2D eigenvalue weighted by molar-refractivity contribution is 0.0904. The molecule has 3 nitrogen and oxygen atoms in total. The van der Waals surface area contributed by atoms with Crippen LogP contribution in [-0.2, 0) is 4.94 Å². The van der Waals surface area contributed by atoms with E-state index >= 15 is 0 Å². The van der Waals surface area contributed by atoms with Crippen LogP contribution in [-0.4, -0.2) is 5.71 Å². The number of hydroxylamine groups is 1. The average molecular weight is 168 g/mol. The SMILES string of the molecule is C=C/C=C1/NON=C1CC.CC. The summed E-state index contributed by atoms with van der Waals surface area (Å²) in [5, 5.41) is 3.74. The van der Waals surface area contributed by atoms with Gasteiger partial charge in [0.15, 0.2) is 0 Å². The molecule has 0 radical (unpaired) electrons. The minimum atomic E-state index is 0.868. The van der Waals surface area contributed by atoms with Crippen LogP contribution < -0.4 is 5.48 Å². The molecule has 0 aromatic carbocycles. The van der Waals surface area contributed by atoms with Crippen molar-refractivity contribution < 1.29 is 4.94 Å². The van der Waals surface area contributed by atoms with Gasteiger partial charge >= 0.3 is 0 Å². The molecule has 1 aliphatic rings. The first-order valence-corrected chi connectivity index (χ1v) is 4.20. The summed E-state index contributed by atoms with van der Waals surface area (Å²) in [6.07, 6.45) is 4.39. The van der Waals surface area contributed by atoms with Gasteiger partial charge < -0.3 is 0 Å². The monoisotopic (exact) mass is 168 g/mol. The van der Waals surface area contributed by atoms with Crippen LogP contribution in [0.5, 0.6) is 0 Å². The largest absolute Gasteiger partial charge is 0.270 e. The highest BCUT2D eigenvalue weighted by Gasteiger charge is 2.10. The molecule has 68 valence electrons. The first-order valence-electron chi connectivity index (χ1n) is 4.20. The maximum Gasteiger partial charge on any atom is 0.109 e. The minimum absolute atomic E-state index is 0.868. The van der Waals surface area contributed by atoms with E-state index in [1.54, 1.807) is 6.08 Å². The maximum absolute atomic E-state index is 4.64. The summed E-state index contributed by atoms with van der Waals surface area (Å²) in [5.41, 5.74) is 4.48. The van der Waals surface area contributed by atoms with Crippen LogP contribution in [0.2, 0.25) is 0 Å². The summed E-state index contributed by atoms with van der Waals surface area (Å²) in [4.78, 5) is 4.64. The minimum Gasteiger partial charge on any atom is -0.270 e. The van der Waals surface area contributed by atoms with Crippen molar-refractivity contribution in [3.05, 3.63) is 24.4 Å². The molecule has 1 rings (SSSR count). The molecule has 1 heterocycles. The van der Waals surface area contributed by atoms with Gasteiger partial charge in [-0.05, 0) is 12.5 Å². The summed E-state index contributed by atoms with van der Waals surface area (Å²) >= 11 is 0. The van der Waals surface area contributed by atoms with Crippen LogP contribution >= 0.6 is 0 Å². The number of nitrogens with one attached hydrogen (secondary N) is 1. The predicted octanol–water partition coefficient (Wildman–Crippen LogP) is 2.38. The number of hydrogen-bond donors (Lipinski definition) is 1. The van der Waals surface area contributed by atoms with Crippen molar-refractivity contribution in [1.82, 2.24) is 5.48 Å². The zero-order valence-corrected chi connectivity index (χ0v) is 7.92. The van der Waals surface area contributed by atoms with Gasteiger partial charge in [0, 0.05) is 0 Å². The molecule has 0 spiro atoms. The van der Waals surface area contributed by atoms with Gasteiger partial charge in [0.05, 0.1) is 5.70 Å². The highest BCUT2D eigenvalue weighted by Crippen LogP contribution is 2.05. The van der Waals surface area contributed by atoms with Gasteiger partial charge in [-0.15, -0.1) is 0 Å². The lowest BCUT2D eigenvalue weighted by Crippen LogP contribution is -2.08. The fraction of sp³-hybridized carbons (Fsp3) is 0.444. The van der Waals surface area contributed by atoms with E-state index in [2.05, 4.69) is 22.2 Å². The molecule has 0 fully saturated rings. The fourth-order valence-electron chi connectivity index (χ4n) is 0.738. The molecule has 0 aromatic heterocycles. The summed E-state index contributed by atoms with van der Waals surface area (Å²) in [5.74, 6) is 0. The van der Waals surface area contributed by atoms with Gasteiger partial charge in [-0.25, -0.2) is 0 Å². The average Bonchev–Trinajstić information content (AvgIpc) is 2.56. The Kier molecular flexibility index (Phi) is 5.79. The number of nitrogens with zero attached hydrogens (tertiary/aromatic N) is 1. The lowest BCUT2D eigenvalue weighted by Gasteiger charge is -1.93. The summed E-state index contributed by atoms with van der Waals surface area (Å²) in [6, 6.07) is 0. The number of allylic oxidation sites excluding steroid dienone is 3. The van der Waals surface area contributed by atoms with Crippen molar-refractivity contribution in [3.8, 4) is 0 Å². The van der Waals surface area contributed by atoms with Crippen LogP contribution in [0.4, 0.5) is 0 Å². The first-order chi connectivity index (χ1) is 5.88. The van der Waals surface area contributed by atoms with E-state index in [9.17, 15) is 0 Å². The van der Waals surface area contributed by atoms with E-state index in [0.29, 0.717) is 0 Å². The Balaban J connectivity index is 0.000000561. The van der Waals surface area contributed by atoms with Gasteiger partial charge in [-0.3, -0.25) is 4.94 Å². The molecule has 0 unspecified atom stereocenters. The highest BCUT2D eigenvalue weighted by molar-refractivity contribution is 5.99. The Morgan fingerprint density at radius 1 is 1.58 bits per heavy atom. The highest BCUT2D eigenvalue weighted by atomic mass is 16.8. The molecule has 3 heteroatoms. The second-order valence-corrected chi connectivity index (χ2v) is 1.90. The van der Waals surface area contributed by atoms with Crippen molar-refractivity contribution in [2.45, 2.75) is 27.2 Å². The Morgan fingerprint density at radius 3 is 2.75 bits per heavy atom. The zero-order valence-electron chi connectivity index (χ0n) is 7.92. The Labute approximate surface area is 73.7 Å². The topological polar surface area (TPSA) is 33.6 Å². The van der Waals surface area contributed by atoms with Crippen molar-refractivity contribution in [3.63, 3.8) is 0 Å². The van der Waals surface area contributed by atoms with Crippen LogP contribution in [0.3, 0.4) is 0 Å². The number of rotatable bonds is 2. The smallest absolute Gasteiger partial charge is 0.109 e. The van der Waals surface area contributed by atoms with Crippen LogP contribution in [0.15, 0.2) is 29.6 Å². The molecule has 0 aliphatic carbocycles. The quantitative estimate of drug-likeness (QED) is 0.686. The third-order valence-electron chi connectivity index (χ3n) is 1.24. The van der Waals surface area contributed by atoms with Crippen molar-refractivity contribution >= 4 is 5.71 Å². The number of hydrogen-bond acceptors (Lipinski definition) is 3. The van der Waals surface area contributed by atoms with Crippen molar-refractivity contribution in [2.75, 3.05) is 0 Å². The van der Waals surface area contributed by atoms with Gasteiger partial charge in [0.2, 0.25) is 0 Å². The third kappa shape index (κ3) is 2.78. The summed E-state index contributed by atoms with van der Waals surface area (Å²) in [6.45, 7) is 9.59. The molecule has 0 aromatic rings. The molecular weight excluding hydrogens is 152 g/mol. The standard InChI is InChI=1S/C7H10N2O.C2H6/c1-3-5-7-6(4-2)8-10-9-7;1-2/h3,5,9H,1,4H2,2H3;1-2H3/b7-5+;. The van der Waals surface area contributed by atoms with Crippen LogP contribution in [0, 0.1) is 0 Å². The predicted molar refractivity (Wildman–Crippen MR) is 51.6 cm³/mol. The molecule has 0 bridgehead atoms. The van der Waals surface area contributed by atoms with Crippen LogP contribution in [0.25, 0.3) is 0 Å². The molecule has 0 atom stereocenters. The molecule has 1 N–H and O–H groups in total. The van der Waals surface area contributed by atoms with Gasteiger partial charge in [-0.2, -0.15) is 5.48 Å². The Bertz CT molecular complexity index is 195. The van der Waals surface area contributed by atoms with Gasteiger partial charge in [0.25, 0.3) is 0 Å². The molecular formula is C9H16N2O. The Hall–Kier alpha value is -1.25. The normalized spacial score (nSPS) is 16.9. The number of oxime groups is 1. The van der Waals surface area contributed by atoms with Gasteiger partial charge in [-0.1, -0.05) is 38.6 Å². The molecule has 12 heavy (non-hydrogen) atoms. The summed E-state index contributed by atoms with van der Waals surface area (Å²) in [7, 11) is 0. The van der Waals surface area contributed by atoms with Crippen molar-refractivity contribution in [2.24, 2.45) is 5.16 Å². The van der Waals surface area contributed by atoms with E-state index in [0.717, 1.165) is 17.8 Å². The van der Waals surface area contributed by atoms with E-state index in [1.165, 1.54) is 0 Å². The second kappa shape index (κ2) is 6.46.